The Kier molecular flexibility index (Phi) is 6.17. The van der Waals surface area contributed by atoms with Crippen LogP contribution in [0.4, 0.5) is 5.82 Å². The quantitative estimate of drug-likeness (QED) is 0.694. The predicted molar refractivity (Wildman–Crippen MR) is 97.0 cm³/mol. The summed E-state index contributed by atoms with van der Waals surface area (Å²) in [5, 5.41) is 13.7. The standard InChI is InChI=1S/C19H27N3O2/c1-19(2,11-10-14-4-7-16(24-3)8-5-14)22-13-17(23)15-6-9-18(20)21-12-15/h4-9,12,17,22-23H,10-11,13H2,1-3H3,(H2,20,21)/t17-/m0/s1. The molecule has 0 bridgehead atoms. The smallest absolute Gasteiger partial charge is 0.123 e. The van der Waals surface area contributed by atoms with E-state index < -0.39 is 6.10 Å². The summed E-state index contributed by atoms with van der Waals surface area (Å²) in [6.45, 7) is 4.76. The molecule has 1 atom stereocenters. The van der Waals surface area contributed by atoms with Gasteiger partial charge in [0.05, 0.1) is 13.2 Å². The highest BCUT2D eigenvalue weighted by Crippen LogP contribution is 2.18. The SMILES string of the molecule is COc1ccc(CCC(C)(C)NC[C@H](O)c2ccc(N)nc2)cc1. The van der Waals surface area contributed by atoms with Gasteiger partial charge in [-0.05, 0) is 50.5 Å². The molecule has 5 heteroatoms. The fourth-order valence-corrected chi connectivity index (χ4v) is 2.44. The van der Waals surface area contributed by atoms with Crippen molar-refractivity contribution in [3.05, 3.63) is 53.7 Å². The molecule has 5 nitrogen and oxygen atoms in total. The third-order valence-electron chi connectivity index (χ3n) is 4.17. The van der Waals surface area contributed by atoms with E-state index in [0.717, 1.165) is 24.2 Å². The van der Waals surface area contributed by atoms with E-state index in [4.69, 9.17) is 10.5 Å². The van der Waals surface area contributed by atoms with E-state index in [1.165, 1.54) is 5.56 Å². The van der Waals surface area contributed by atoms with Gasteiger partial charge in [0, 0.05) is 23.8 Å². The maximum atomic E-state index is 10.3. The van der Waals surface area contributed by atoms with Gasteiger partial charge >= 0.3 is 0 Å². The molecule has 0 saturated carbocycles. The molecule has 2 rings (SSSR count). The Morgan fingerprint density at radius 1 is 1.21 bits per heavy atom. The predicted octanol–water partition coefficient (Wildman–Crippen LogP) is 2.71. The monoisotopic (exact) mass is 329 g/mol. The molecule has 1 aromatic carbocycles. The first-order valence-corrected chi connectivity index (χ1v) is 8.17. The van der Waals surface area contributed by atoms with Gasteiger partial charge in [-0.3, -0.25) is 0 Å². The highest BCUT2D eigenvalue weighted by atomic mass is 16.5. The van der Waals surface area contributed by atoms with Crippen LogP contribution in [-0.2, 0) is 6.42 Å². The first-order valence-electron chi connectivity index (χ1n) is 8.17. The molecule has 0 unspecified atom stereocenters. The second kappa shape index (κ2) is 8.13. The molecule has 0 spiro atoms. The zero-order valence-electron chi connectivity index (χ0n) is 14.6. The van der Waals surface area contributed by atoms with Gasteiger partial charge in [-0.1, -0.05) is 18.2 Å². The van der Waals surface area contributed by atoms with Gasteiger partial charge in [0.25, 0.3) is 0 Å². The lowest BCUT2D eigenvalue weighted by molar-refractivity contribution is 0.159. The van der Waals surface area contributed by atoms with E-state index in [1.807, 2.05) is 12.1 Å². The molecule has 4 N–H and O–H groups in total. The van der Waals surface area contributed by atoms with Crippen LogP contribution in [0.1, 0.15) is 37.5 Å². The molecule has 1 aromatic heterocycles. The number of methoxy groups -OCH3 is 1. The summed E-state index contributed by atoms with van der Waals surface area (Å²) in [6, 6.07) is 11.6. The Labute approximate surface area is 143 Å². The second-order valence-corrected chi connectivity index (χ2v) is 6.65. The average Bonchev–Trinajstić information content (AvgIpc) is 2.59. The number of pyridine rings is 1. The van der Waals surface area contributed by atoms with Crippen LogP contribution in [0.25, 0.3) is 0 Å². The van der Waals surface area contributed by atoms with Gasteiger partial charge in [0.15, 0.2) is 0 Å². The first-order chi connectivity index (χ1) is 11.4. The van der Waals surface area contributed by atoms with Crippen molar-refractivity contribution in [2.45, 2.75) is 38.3 Å². The van der Waals surface area contributed by atoms with Crippen LogP contribution in [0.2, 0.25) is 0 Å². The molecule has 0 radical (unpaired) electrons. The van der Waals surface area contributed by atoms with Gasteiger partial charge in [-0.15, -0.1) is 0 Å². The van der Waals surface area contributed by atoms with Crippen LogP contribution in [0.3, 0.4) is 0 Å². The topological polar surface area (TPSA) is 80.4 Å². The summed E-state index contributed by atoms with van der Waals surface area (Å²) in [5.41, 5.74) is 7.52. The third-order valence-corrected chi connectivity index (χ3v) is 4.17. The number of aliphatic hydroxyl groups is 1. The number of aromatic nitrogens is 1. The summed E-state index contributed by atoms with van der Waals surface area (Å²) in [4.78, 5) is 4.01. The van der Waals surface area contributed by atoms with Crippen LogP contribution >= 0.6 is 0 Å². The number of nitrogens with one attached hydrogen (secondary N) is 1. The molecule has 0 aliphatic rings. The van der Waals surface area contributed by atoms with Crippen molar-refractivity contribution in [2.75, 3.05) is 19.4 Å². The number of hydrogen-bond acceptors (Lipinski definition) is 5. The zero-order valence-corrected chi connectivity index (χ0v) is 14.6. The number of nitrogens with two attached hydrogens (primary N) is 1. The Hall–Kier alpha value is -2.11. The van der Waals surface area contributed by atoms with E-state index in [0.29, 0.717) is 12.4 Å². The minimum Gasteiger partial charge on any atom is -0.497 e. The lowest BCUT2D eigenvalue weighted by Gasteiger charge is -2.28. The highest BCUT2D eigenvalue weighted by Gasteiger charge is 2.19. The van der Waals surface area contributed by atoms with Gasteiger partial charge in [-0.2, -0.15) is 0 Å². The summed E-state index contributed by atoms with van der Waals surface area (Å²) >= 11 is 0. The maximum Gasteiger partial charge on any atom is 0.123 e. The van der Waals surface area contributed by atoms with Crippen LogP contribution in [0, 0.1) is 0 Å². The van der Waals surface area contributed by atoms with Gasteiger partial charge in [0.1, 0.15) is 11.6 Å². The summed E-state index contributed by atoms with van der Waals surface area (Å²) in [5.74, 6) is 1.33. The first kappa shape index (κ1) is 18.2. The molecule has 0 saturated heterocycles. The van der Waals surface area contributed by atoms with E-state index in [9.17, 15) is 5.11 Å². The summed E-state index contributed by atoms with van der Waals surface area (Å²) < 4.78 is 5.18. The van der Waals surface area contributed by atoms with Gasteiger partial charge in [0.2, 0.25) is 0 Å². The number of aliphatic hydroxyl groups excluding tert-OH is 1. The number of nitrogen functional groups attached to an aromatic ring is 1. The molecule has 130 valence electrons. The minimum atomic E-state index is -0.599. The second-order valence-electron chi connectivity index (χ2n) is 6.65. The number of β-amino-alcohol motifs (C(OH)–C–C–N with tert-alkyl or cyclic N) is 1. The lowest BCUT2D eigenvalue weighted by atomic mass is 9.94. The Balaban J connectivity index is 1.82. The van der Waals surface area contributed by atoms with Crippen molar-refractivity contribution >= 4 is 5.82 Å². The molecule has 24 heavy (non-hydrogen) atoms. The third kappa shape index (κ3) is 5.51. The lowest BCUT2D eigenvalue weighted by Crippen LogP contribution is -2.42. The van der Waals surface area contributed by atoms with Crippen molar-refractivity contribution in [2.24, 2.45) is 0 Å². The van der Waals surface area contributed by atoms with E-state index in [-0.39, 0.29) is 5.54 Å². The number of benzene rings is 1. The van der Waals surface area contributed by atoms with E-state index >= 15 is 0 Å². The van der Waals surface area contributed by atoms with Crippen molar-refractivity contribution in [3.8, 4) is 5.75 Å². The van der Waals surface area contributed by atoms with Crippen molar-refractivity contribution in [1.29, 1.82) is 0 Å². The van der Waals surface area contributed by atoms with Crippen molar-refractivity contribution < 1.29 is 9.84 Å². The Morgan fingerprint density at radius 3 is 2.50 bits per heavy atom. The Morgan fingerprint density at radius 2 is 1.92 bits per heavy atom. The number of ether oxygens (including phenoxy) is 1. The molecular weight excluding hydrogens is 302 g/mol. The van der Waals surface area contributed by atoms with Crippen molar-refractivity contribution in [3.63, 3.8) is 0 Å². The zero-order chi connectivity index (χ0) is 17.6. The summed E-state index contributed by atoms with van der Waals surface area (Å²) in [7, 11) is 1.67. The molecule has 1 heterocycles. The number of hydrogen-bond donors (Lipinski definition) is 3. The van der Waals surface area contributed by atoms with Crippen LogP contribution < -0.4 is 15.8 Å². The van der Waals surface area contributed by atoms with E-state index in [2.05, 4.69) is 36.3 Å². The van der Waals surface area contributed by atoms with Crippen LogP contribution in [-0.4, -0.2) is 29.3 Å². The average molecular weight is 329 g/mol. The normalized spacial score (nSPS) is 12.8. The molecule has 0 amide bonds. The minimum absolute atomic E-state index is 0.0812. The maximum absolute atomic E-state index is 10.3. The molecule has 0 aliphatic carbocycles. The van der Waals surface area contributed by atoms with E-state index in [1.54, 1.807) is 25.4 Å². The number of anilines is 1. The molecule has 0 aliphatic heterocycles. The fraction of sp³-hybridized carbons (Fsp3) is 0.421. The number of rotatable bonds is 8. The number of nitrogens with zero attached hydrogens (tertiary/aromatic N) is 1. The largest absolute Gasteiger partial charge is 0.497 e. The van der Waals surface area contributed by atoms with Crippen LogP contribution in [0.15, 0.2) is 42.6 Å². The van der Waals surface area contributed by atoms with Gasteiger partial charge < -0.3 is 20.9 Å². The molecular formula is C19H27N3O2. The fourth-order valence-electron chi connectivity index (χ4n) is 2.44. The number of aryl methyl sites for hydroxylation is 1. The molecule has 0 fully saturated rings. The summed E-state index contributed by atoms with van der Waals surface area (Å²) in [6.07, 6.45) is 2.94. The Bertz CT molecular complexity index is 624. The van der Waals surface area contributed by atoms with Crippen LogP contribution in [0.5, 0.6) is 5.75 Å². The highest BCUT2D eigenvalue weighted by molar-refractivity contribution is 5.30. The van der Waals surface area contributed by atoms with Gasteiger partial charge in [-0.25, -0.2) is 4.98 Å². The molecule has 2 aromatic rings. The van der Waals surface area contributed by atoms with Crippen molar-refractivity contribution in [1.82, 2.24) is 10.3 Å².